The molecule has 0 atom stereocenters. The van der Waals surface area contributed by atoms with Gasteiger partial charge >= 0.3 is 0 Å². The van der Waals surface area contributed by atoms with Gasteiger partial charge in [0.15, 0.2) is 5.88 Å². The monoisotopic (exact) mass is 174 g/mol. The first-order valence-electron chi connectivity index (χ1n) is 4.08. The van der Waals surface area contributed by atoms with E-state index in [4.69, 9.17) is 10.2 Å². The molecule has 2 rings (SSSR count). The predicted octanol–water partition coefficient (Wildman–Crippen LogP) is 1.85. The average Bonchev–Trinajstić information content (AvgIpc) is 2.53. The normalized spacial score (nSPS) is 10.2. The van der Waals surface area contributed by atoms with Crippen LogP contribution < -0.4 is 5.73 Å². The highest BCUT2D eigenvalue weighted by Crippen LogP contribution is 2.13. The Kier molecular flexibility index (Phi) is 2.00. The minimum absolute atomic E-state index is 0.457. The molecule has 0 radical (unpaired) electrons. The van der Waals surface area contributed by atoms with E-state index in [1.54, 1.807) is 12.3 Å². The molecule has 0 unspecified atom stereocenters. The first-order chi connectivity index (χ1) is 6.34. The number of nitrogens with two attached hydrogens (primary N) is 1. The second-order valence-corrected chi connectivity index (χ2v) is 2.84. The molecule has 2 aromatic rings. The number of furan rings is 1. The van der Waals surface area contributed by atoms with Crippen molar-refractivity contribution in [2.45, 2.75) is 6.42 Å². The fourth-order valence-corrected chi connectivity index (χ4v) is 1.19. The summed E-state index contributed by atoms with van der Waals surface area (Å²) in [6.07, 6.45) is 4.31. The molecule has 0 aliphatic heterocycles. The zero-order valence-electron chi connectivity index (χ0n) is 7.10. The fourth-order valence-electron chi connectivity index (χ4n) is 1.19. The van der Waals surface area contributed by atoms with E-state index in [9.17, 15) is 0 Å². The highest BCUT2D eigenvalue weighted by atomic mass is 16.3. The van der Waals surface area contributed by atoms with Gasteiger partial charge in [-0.25, -0.2) is 0 Å². The summed E-state index contributed by atoms with van der Waals surface area (Å²) >= 11 is 0. The molecule has 2 N–H and O–H groups in total. The topological polar surface area (TPSA) is 52.0 Å². The first kappa shape index (κ1) is 7.86. The Bertz CT molecular complexity index is 381. The Morgan fingerprint density at radius 2 is 2.23 bits per heavy atom. The lowest BCUT2D eigenvalue weighted by Gasteiger charge is -1.95. The van der Waals surface area contributed by atoms with Gasteiger partial charge in [0, 0.05) is 24.9 Å². The molecule has 3 nitrogen and oxygen atoms in total. The van der Waals surface area contributed by atoms with E-state index < -0.39 is 0 Å². The maximum absolute atomic E-state index is 5.45. The number of hydrogen-bond donors (Lipinski definition) is 1. The van der Waals surface area contributed by atoms with Gasteiger partial charge in [0.1, 0.15) is 5.76 Å². The second-order valence-electron chi connectivity index (χ2n) is 2.84. The Morgan fingerprint density at radius 3 is 2.85 bits per heavy atom. The average molecular weight is 174 g/mol. The second kappa shape index (κ2) is 3.31. The van der Waals surface area contributed by atoms with E-state index in [-0.39, 0.29) is 0 Å². The maximum atomic E-state index is 5.45. The van der Waals surface area contributed by atoms with Crippen LogP contribution in [-0.2, 0) is 6.42 Å². The van der Waals surface area contributed by atoms with Gasteiger partial charge in [0.05, 0.1) is 0 Å². The Labute approximate surface area is 76.2 Å². The van der Waals surface area contributed by atoms with Gasteiger partial charge in [-0.1, -0.05) is 6.07 Å². The molecule has 0 spiro atoms. The lowest BCUT2D eigenvalue weighted by atomic mass is 10.2. The van der Waals surface area contributed by atoms with Crippen molar-refractivity contribution >= 4 is 5.88 Å². The molecular weight excluding hydrogens is 164 g/mol. The summed E-state index contributed by atoms with van der Waals surface area (Å²) in [4.78, 5) is 4.01. The number of rotatable bonds is 2. The summed E-state index contributed by atoms with van der Waals surface area (Å²) in [5.74, 6) is 1.32. The Morgan fingerprint density at radius 1 is 1.31 bits per heavy atom. The lowest BCUT2D eigenvalue weighted by Crippen LogP contribution is -1.86. The molecule has 0 aromatic carbocycles. The molecule has 0 aliphatic carbocycles. The van der Waals surface area contributed by atoms with Crippen LogP contribution in [0.4, 0.5) is 5.88 Å². The summed E-state index contributed by atoms with van der Waals surface area (Å²) in [7, 11) is 0. The number of nitrogen functional groups attached to an aromatic ring is 1. The number of pyridine rings is 1. The Hall–Kier alpha value is -1.77. The molecule has 3 heteroatoms. The molecule has 0 amide bonds. The third kappa shape index (κ3) is 1.87. The molecule has 13 heavy (non-hydrogen) atoms. The van der Waals surface area contributed by atoms with Crippen LogP contribution in [0.15, 0.2) is 41.1 Å². The number of anilines is 1. The van der Waals surface area contributed by atoms with E-state index in [2.05, 4.69) is 4.98 Å². The number of aromatic nitrogens is 1. The summed E-state index contributed by atoms with van der Waals surface area (Å²) in [5.41, 5.74) is 6.57. The third-order valence-electron chi connectivity index (χ3n) is 1.78. The summed E-state index contributed by atoms with van der Waals surface area (Å²) in [5, 5.41) is 0. The molecular formula is C10H10N2O. The van der Waals surface area contributed by atoms with Gasteiger partial charge in [-0.3, -0.25) is 4.98 Å². The zero-order valence-corrected chi connectivity index (χ0v) is 7.10. The molecule has 0 saturated carbocycles. The van der Waals surface area contributed by atoms with Gasteiger partial charge in [-0.15, -0.1) is 0 Å². The predicted molar refractivity (Wildman–Crippen MR) is 50.2 cm³/mol. The van der Waals surface area contributed by atoms with Crippen molar-refractivity contribution in [1.82, 2.24) is 4.98 Å². The largest absolute Gasteiger partial charge is 0.446 e. The van der Waals surface area contributed by atoms with E-state index in [1.165, 1.54) is 0 Å². The van der Waals surface area contributed by atoms with Gasteiger partial charge in [-0.2, -0.15) is 0 Å². The van der Waals surface area contributed by atoms with Crippen molar-refractivity contribution < 1.29 is 4.42 Å². The molecule has 2 heterocycles. The first-order valence-corrected chi connectivity index (χ1v) is 4.08. The van der Waals surface area contributed by atoms with Crippen LogP contribution in [0, 0.1) is 0 Å². The van der Waals surface area contributed by atoms with Crippen LogP contribution in [0.1, 0.15) is 11.3 Å². The van der Waals surface area contributed by atoms with Crippen LogP contribution in [-0.4, -0.2) is 4.98 Å². The van der Waals surface area contributed by atoms with E-state index in [0.717, 1.165) is 17.7 Å². The van der Waals surface area contributed by atoms with E-state index in [1.807, 2.05) is 24.4 Å². The van der Waals surface area contributed by atoms with Crippen molar-refractivity contribution in [2.24, 2.45) is 0 Å². The van der Waals surface area contributed by atoms with Gasteiger partial charge in [0.2, 0.25) is 0 Å². The van der Waals surface area contributed by atoms with Crippen LogP contribution >= 0.6 is 0 Å². The van der Waals surface area contributed by atoms with Crippen LogP contribution in [0.3, 0.4) is 0 Å². The van der Waals surface area contributed by atoms with Crippen molar-refractivity contribution in [3.8, 4) is 0 Å². The van der Waals surface area contributed by atoms with Crippen molar-refractivity contribution in [2.75, 3.05) is 5.73 Å². The third-order valence-corrected chi connectivity index (χ3v) is 1.78. The highest BCUT2D eigenvalue weighted by Gasteiger charge is 1.99. The Balaban J connectivity index is 2.15. The molecule has 2 aromatic heterocycles. The summed E-state index contributed by atoms with van der Waals surface area (Å²) in [6.45, 7) is 0. The SMILES string of the molecule is Nc1ccc(Cc2cccnc2)o1. The highest BCUT2D eigenvalue weighted by molar-refractivity contribution is 5.27. The van der Waals surface area contributed by atoms with Gasteiger partial charge < -0.3 is 10.2 Å². The van der Waals surface area contributed by atoms with Crippen LogP contribution in [0.2, 0.25) is 0 Å². The standard InChI is InChI=1S/C10H10N2O/c11-10-4-3-9(13-10)6-8-2-1-5-12-7-8/h1-5,7H,6,11H2. The minimum atomic E-state index is 0.457. The number of nitrogens with zero attached hydrogens (tertiary/aromatic N) is 1. The van der Waals surface area contributed by atoms with Gasteiger partial charge in [0.25, 0.3) is 0 Å². The fraction of sp³-hybridized carbons (Fsp3) is 0.100. The van der Waals surface area contributed by atoms with Crippen LogP contribution in [0.5, 0.6) is 0 Å². The number of hydrogen-bond acceptors (Lipinski definition) is 3. The van der Waals surface area contributed by atoms with Crippen LogP contribution in [0.25, 0.3) is 0 Å². The summed E-state index contributed by atoms with van der Waals surface area (Å²) < 4.78 is 5.24. The van der Waals surface area contributed by atoms with E-state index in [0.29, 0.717) is 5.88 Å². The molecule has 0 fully saturated rings. The maximum Gasteiger partial charge on any atom is 0.190 e. The smallest absolute Gasteiger partial charge is 0.190 e. The molecule has 0 saturated heterocycles. The van der Waals surface area contributed by atoms with Crippen molar-refractivity contribution in [3.63, 3.8) is 0 Å². The zero-order chi connectivity index (χ0) is 9.10. The van der Waals surface area contributed by atoms with Crippen molar-refractivity contribution in [1.29, 1.82) is 0 Å². The van der Waals surface area contributed by atoms with Crippen molar-refractivity contribution in [3.05, 3.63) is 48.0 Å². The summed E-state index contributed by atoms with van der Waals surface area (Å²) in [6, 6.07) is 7.54. The van der Waals surface area contributed by atoms with E-state index >= 15 is 0 Å². The van der Waals surface area contributed by atoms with Gasteiger partial charge in [-0.05, 0) is 17.7 Å². The molecule has 0 aliphatic rings. The molecule has 66 valence electrons. The lowest BCUT2D eigenvalue weighted by molar-refractivity contribution is 0.539. The quantitative estimate of drug-likeness (QED) is 0.755. The molecule has 0 bridgehead atoms. The minimum Gasteiger partial charge on any atom is -0.446 e.